The Hall–Kier alpha value is -2.21. The predicted octanol–water partition coefficient (Wildman–Crippen LogP) is 3.19. The van der Waals surface area contributed by atoms with E-state index < -0.39 is 11.6 Å². The standard InChI is InChI=1S/C18H25N3O3/c1-5-9-14-20-15(24-21-14)12-19-16(13-10-7-6-8-11-13)17(22)23-18(2,3)4/h6-8,10-11,16,19H,5,9,12H2,1-4H3/t16-/m1/s1. The van der Waals surface area contributed by atoms with Crippen LogP contribution in [0.25, 0.3) is 0 Å². The van der Waals surface area contributed by atoms with E-state index in [9.17, 15) is 4.79 Å². The number of benzene rings is 1. The van der Waals surface area contributed by atoms with Gasteiger partial charge in [0, 0.05) is 6.42 Å². The van der Waals surface area contributed by atoms with Crippen molar-refractivity contribution in [3.8, 4) is 0 Å². The van der Waals surface area contributed by atoms with Crippen molar-refractivity contribution < 1.29 is 14.1 Å². The molecule has 0 aliphatic carbocycles. The van der Waals surface area contributed by atoms with Crippen molar-refractivity contribution in [2.24, 2.45) is 0 Å². The minimum absolute atomic E-state index is 0.301. The summed E-state index contributed by atoms with van der Waals surface area (Å²) >= 11 is 0. The lowest BCUT2D eigenvalue weighted by Crippen LogP contribution is -2.34. The maximum Gasteiger partial charge on any atom is 0.328 e. The zero-order valence-corrected chi connectivity index (χ0v) is 14.7. The summed E-state index contributed by atoms with van der Waals surface area (Å²) in [6.45, 7) is 7.91. The third-order valence-corrected chi connectivity index (χ3v) is 3.22. The van der Waals surface area contributed by atoms with Crippen LogP contribution in [0.15, 0.2) is 34.9 Å². The van der Waals surface area contributed by atoms with Gasteiger partial charge >= 0.3 is 5.97 Å². The van der Waals surface area contributed by atoms with Crippen LogP contribution in [-0.2, 0) is 22.5 Å². The molecular weight excluding hydrogens is 306 g/mol. The SMILES string of the molecule is CCCc1noc(CN[C@@H](C(=O)OC(C)(C)C)c2ccccc2)n1. The number of nitrogens with zero attached hydrogens (tertiary/aromatic N) is 2. The van der Waals surface area contributed by atoms with Gasteiger partial charge < -0.3 is 9.26 Å². The molecule has 0 unspecified atom stereocenters. The van der Waals surface area contributed by atoms with Gasteiger partial charge in [-0.3, -0.25) is 5.32 Å². The van der Waals surface area contributed by atoms with Crippen molar-refractivity contribution >= 4 is 5.97 Å². The van der Waals surface area contributed by atoms with Crippen LogP contribution in [0.4, 0.5) is 0 Å². The van der Waals surface area contributed by atoms with E-state index in [-0.39, 0.29) is 5.97 Å². The Balaban J connectivity index is 2.09. The van der Waals surface area contributed by atoms with Crippen LogP contribution in [0, 0.1) is 0 Å². The molecule has 0 aliphatic heterocycles. The van der Waals surface area contributed by atoms with Crippen LogP contribution in [0.5, 0.6) is 0 Å². The van der Waals surface area contributed by atoms with Gasteiger partial charge in [0.25, 0.3) is 0 Å². The van der Waals surface area contributed by atoms with Gasteiger partial charge in [-0.25, -0.2) is 4.79 Å². The molecule has 1 atom stereocenters. The fraction of sp³-hybridized carbons (Fsp3) is 0.500. The monoisotopic (exact) mass is 331 g/mol. The molecule has 2 aromatic rings. The van der Waals surface area contributed by atoms with Crippen molar-refractivity contribution in [3.05, 3.63) is 47.6 Å². The molecule has 0 saturated carbocycles. The van der Waals surface area contributed by atoms with Gasteiger partial charge in [-0.05, 0) is 32.8 Å². The van der Waals surface area contributed by atoms with Crippen LogP contribution in [0.1, 0.15) is 57.4 Å². The molecule has 6 heteroatoms. The highest BCUT2D eigenvalue weighted by Gasteiger charge is 2.26. The molecule has 0 aliphatic rings. The molecule has 0 amide bonds. The van der Waals surface area contributed by atoms with E-state index in [1.807, 2.05) is 51.1 Å². The summed E-state index contributed by atoms with van der Waals surface area (Å²) in [6.07, 6.45) is 1.73. The van der Waals surface area contributed by atoms with E-state index >= 15 is 0 Å². The second-order valence-electron chi connectivity index (χ2n) is 6.61. The Morgan fingerprint density at radius 3 is 2.62 bits per heavy atom. The minimum atomic E-state index is -0.591. The number of nitrogens with one attached hydrogen (secondary N) is 1. The number of rotatable bonds is 7. The van der Waals surface area contributed by atoms with Gasteiger partial charge in [0.2, 0.25) is 5.89 Å². The topological polar surface area (TPSA) is 77.2 Å². The normalized spacial score (nSPS) is 12.8. The van der Waals surface area contributed by atoms with Gasteiger partial charge in [0.05, 0.1) is 6.54 Å². The lowest BCUT2D eigenvalue weighted by atomic mass is 10.1. The van der Waals surface area contributed by atoms with E-state index in [0.29, 0.717) is 18.3 Å². The molecule has 1 heterocycles. The summed E-state index contributed by atoms with van der Waals surface area (Å²) in [5.74, 6) is 0.813. The molecule has 130 valence electrons. The highest BCUT2D eigenvalue weighted by molar-refractivity contribution is 5.78. The van der Waals surface area contributed by atoms with E-state index in [1.165, 1.54) is 0 Å². The number of carbonyl (C=O) groups is 1. The number of aryl methyl sites for hydroxylation is 1. The van der Waals surface area contributed by atoms with Crippen molar-refractivity contribution in [1.29, 1.82) is 0 Å². The number of ether oxygens (including phenoxy) is 1. The largest absolute Gasteiger partial charge is 0.459 e. The van der Waals surface area contributed by atoms with Crippen LogP contribution in [0.2, 0.25) is 0 Å². The lowest BCUT2D eigenvalue weighted by molar-refractivity contribution is -0.157. The molecule has 1 N–H and O–H groups in total. The Labute approximate surface area is 142 Å². The summed E-state index contributed by atoms with van der Waals surface area (Å²) in [4.78, 5) is 16.8. The van der Waals surface area contributed by atoms with Crippen LogP contribution in [0.3, 0.4) is 0 Å². The van der Waals surface area contributed by atoms with Gasteiger partial charge in [0.15, 0.2) is 5.82 Å². The molecule has 0 saturated heterocycles. The number of hydrogen-bond acceptors (Lipinski definition) is 6. The second-order valence-corrected chi connectivity index (χ2v) is 6.61. The first kappa shape index (κ1) is 18.1. The number of esters is 1. The molecule has 2 rings (SSSR count). The minimum Gasteiger partial charge on any atom is -0.459 e. The lowest BCUT2D eigenvalue weighted by Gasteiger charge is -2.24. The predicted molar refractivity (Wildman–Crippen MR) is 90.2 cm³/mol. The van der Waals surface area contributed by atoms with Crippen molar-refractivity contribution in [1.82, 2.24) is 15.5 Å². The third kappa shape index (κ3) is 5.45. The molecule has 6 nitrogen and oxygen atoms in total. The quantitative estimate of drug-likeness (QED) is 0.785. The van der Waals surface area contributed by atoms with Gasteiger partial charge in [0.1, 0.15) is 11.6 Å². The fourth-order valence-electron chi connectivity index (χ4n) is 2.22. The average Bonchev–Trinajstić information content (AvgIpc) is 2.95. The molecule has 24 heavy (non-hydrogen) atoms. The highest BCUT2D eigenvalue weighted by atomic mass is 16.6. The van der Waals surface area contributed by atoms with Crippen molar-refractivity contribution in [2.45, 2.75) is 58.7 Å². The summed E-state index contributed by atoms with van der Waals surface area (Å²) in [6, 6.07) is 8.87. The molecule has 0 fully saturated rings. The van der Waals surface area contributed by atoms with Crippen LogP contribution < -0.4 is 5.32 Å². The Morgan fingerprint density at radius 1 is 1.29 bits per heavy atom. The molecular formula is C18H25N3O3. The fourth-order valence-corrected chi connectivity index (χ4v) is 2.22. The molecule has 0 radical (unpaired) electrons. The van der Waals surface area contributed by atoms with Gasteiger partial charge in [-0.15, -0.1) is 0 Å². The number of carbonyl (C=O) groups excluding carboxylic acids is 1. The number of hydrogen-bond donors (Lipinski definition) is 1. The van der Waals surface area contributed by atoms with Gasteiger partial charge in [-0.2, -0.15) is 4.98 Å². The second kappa shape index (κ2) is 8.06. The zero-order valence-electron chi connectivity index (χ0n) is 14.7. The molecule has 1 aromatic heterocycles. The Kier molecular flexibility index (Phi) is 6.09. The van der Waals surface area contributed by atoms with Crippen molar-refractivity contribution in [3.63, 3.8) is 0 Å². The first-order valence-corrected chi connectivity index (χ1v) is 8.21. The maximum absolute atomic E-state index is 12.5. The summed E-state index contributed by atoms with van der Waals surface area (Å²) < 4.78 is 10.7. The summed E-state index contributed by atoms with van der Waals surface area (Å²) in [7, 11) is 0. The van der Waals surface area contributed by atoms with E-state index in [1.54, 1.807) is 0 Å². The molecule has 1 aromatic carbocycles. The first-order valence-electron chi connectivity index (χ1n) is 8.21. The summed E-state index contributed by atoms with van der Waals surface area (Å²) in [5, 5.41) is 7.08. The highest BCUT2D eigenvalue weighted by Crippen LogP contribution is 2.19. The zero-order chi connectivity index (χ0) is 17.6. The van der Waals surface area contributed by atoms with E-state index in [4.69, 9.17) is 9.26 Å². The van der Waals surface area contributed by atoms with E-state index in [0.717, 1.165) is 18.4 Å². The average molecular weight is 331 g/mol. The molecule has 0 bridgehead atoms. The van der Waals surface area contributed by atoms with Crippen LogP contribution >= 0.6 is 0 Å². The van der Waals surface area contributed by atoms with Crippen LogP contribution in [-0.4, -0.2) is 21.7 Å². The first-order chi connectivity index (χ1) is 11.4. The Bertz CT molecular complexity index is 647. The van der Waals surface area contributed by atoms with Crippen molar-refractivity contribution in [2.75, 3.05) is 0 Å². The Morgan fingerprint density at radius 2 is 2.00 bits per heavy atom. The number of aromatic nitrogens is 2. The smallest absolute Gasteiger partial charge is 0.328 e. The van der Waals surface area contributed by atoms with E-state index in [2.05, 4.69) is 22.4 Å². The molecule has 0 spiro atoms. The third-order valence-electron chi connectivity index (χ3n) is 3.22. The van der Waals surface area contributed by atoms with Gasteiger partial charge in [-0.1, -0.05) is 42.4 Å². The summed E-state index contributed by atoms with van der Waals surface area (Å²) in [5.41, 5.74) is 0.282. The maximum atomic E-state index is 12.5.